The van der Waals surface area contributed by atoms with E-state index in [1.165, 1.54) is 0 Å². The predicted molar refractivity (Wildman–Crippen MR) is 68.0 cm³/mol. The number of benzene rings is 1. The first-order valence-corrected chi connectivity index (χ1v) is 6.22. The third-order valence-electron chi connectivity index (χ3n) is 2.35. The minimum atomic E-state index is -4.49. The zero-order valence-corrected chi connectivity index (χ0v) is 10.6. The summed E-state index contributed by atoms with van der Waals surface area (Å²) in [7, 11) is 0. The molecule has 0 bridgehead atoms. The van der Waals surface area contributed by atoms with Gasteiger partial charge in [0.1, 0.15) is 0 Å². The Kier molecular flexibility index (Phi) is 3.89. The molecular weight excluding hydrogens is 277 g/mol. The molecule has 1 aromatic carbocycles. The van der Waals surface area contributed by atoms with Crippen molar-refractivity contribution >= 4 is 22.4 Å². The van der Waals surface area contributed by atoms with Gasteiger partial charge in [-0.15, -0.1) is 0 Å². The highest BCUT2D eigenvalue weighted by Gasteiger charge is 2.36. The first-order chi connectivity index (χ1) is 8.95. The molecule has 0 saturated carbocycles. The molecular formula is C11H11F3N4S. The van der Waals surface area contributed by atoms with Crippen molar-refractivity contribution in [3.8, 4) is 0 Å². The van der Waals surface area contributed by atoms with Crippen LogP contribution >= 0.6 is 11.5 Å². The summed E-state index contributed by atoms with van der Waals surface area (Å²) in [6.45, 7) is 0.483. The van der Waals surface area contributed by atoms with Gasteiger partial charge < -0.3 is 11.1 Å². The second-order valence-corrected chi connectivity index (χ2v) is 4.59. The standard InChI is InChI=1S/C11H11F3N4S/c12-11(13,14)9-17-10(19-18-9)16-6-5-7-1-3-8(15)4-2-7/h1-4H,5-6,15H2,(H,16,17,18). The zero-order chi connectivity index (χ0) is 13.9. The maximum atomic E-state index is 12.3. The van der Waals surface area contributed by atoms with Crippen LogP contribution in [0.3, 0.4) is 0 Å². The van der Waals surface area contributed by atoms with E-state index in [2.05, 4.69) is 14.7 Å². The van der Waals surface area contributed by atoms with Crippen molar-refractivity contribution in [2.45, 2.75) is 12.6 Å². The Hall–Kier alpha value is -1.83. The van der Waals surface area contributed by atoms with Crippen molar-refractivity contribution in [3.05, 3.63) is 35.7 Å². The molecule has 0 unspecified atom stereocenters. The summed E-state index contributed by atoms with van der Waals surface area (Å²) >= 11 is 0.702. The van der Waals surface area contributed by atoms with Gasteiger partial charge in [0.2, 0.25) is 11.0 Å². The SMILES string of the molecule is Nc1ccc(CCNc2nc(C(F)(F)F)ns2)cc1. The molecule has 3 N–H and O–H groups in total. The topological polar surface area (TPSA) is 63.8 Å². The Labute approximate surface area is 111 Å². The highest BCUT2D eigenvalue weighted by atomic mass is 32.1. The third kappa shape index (κ3) is 3.82. The lowest BCUT2D eigenvalue weighted by atomic mass is 10.1. The minimum Gasteiger partial charge on any atom is -0.399 e. The average Bonchev–Trinajstić information content (AvgIpc) is 2.80. The molecule has 0 saturated heterocycles. The van der Waals surface area contributed by atoms with E-state index in [0.29, 0.717) is 30.2 Å². The molecule has 0 spiro atoms. The molecule has 0 radical (unpaired) electrons. The smallest absolute Gasteiger partial charge is 0.399 e. The number of nitrogens with two attached hydrogens (primary N) is 1. The normalized spacial score (nSPS) is 11.5. The largest absolute Gasteiger partial charge is 0.452 e. The van der Waals surface area contributed by atoms with Crippen LogP contribution in [-0.4, -0.2) is 15.9 Å². The summed E-state index contributed by atoms with van der Waals surface area (Å²) in [4.78, 5) is 3.38. The number of nitrogens with zero attached hydrogens (tertiary/aromatic N) is 2. The number of halogens is 3. The number of hydrogen-bond donors (Lipinski definition) is 2. The van der Waals surface area contributed by atoms with Gasteiger partial charge in [0.25, 0.3) is 0 Å². The lowest BCUT2D eigenvalue weighted by Crippen LogP contribution is -2.08. The highest BCUT2D eigenvalue weighted by Crippen LogP contribution is 2.28. The summed E-state index contributed by atoms with van der Waals surface area (Å²) < 4.78 is 40.1. The molecule has 8 heteroatoms. The van der Waals surface area contributed by atoms with E-state index in [4.69, 9.17) is 5.73 Å². The van der Waals surface area contributed by atoms with Crippen LogP contribution in [0.15, 0.2) is 24.3 Å². The van der Waals surface area contributed by atoms with Crippen LogP contribution in [0.2, 0.25) is 0 Å². The van der Waals surface area contributed by atoms with Crippen molar-refractivity contribution in [2.75, 3.05) is 17.6 Å². The monoisotopic (exact) mass is 288 g/mol. The first kappa shape index (κ1) is 13.6. The minimum absolute atomic E-state index is 0.169. The molecule has 0 aliphatic rings. The fourth-order valence-corrected chi connectivity index (χ4v) is 2.02. The van der Waals surface area contributed by atoms with E-state index in [-0.39, 0.29) is 5.13 Å². The summed E-state index contributed by atoms with van der Waals surface area (Å²) in [6.07, 6.45) is -3.82. The number of aromatic nitrogens is 2. The van der Waals surface area contributed by atoms with Gasteiger partial charge >= 0.3 is 6.18 Å². The van der Waals surface area contributed by atoms with Gasteiger partial charge in [0.05, 0.1) is 0 Å². The van der Waals surface area contributed by atoms with Crippen LogP contribution in [0, 0.1) is 0 Å². The van der Waals surface area contributed by atoms with Crippen molar-refractivity contribution in [3.63, 3.8) is 0 Å². The van der Waals surface area contributed by atoms with Crippen molar-refractivity contribution < 1.29 is 13.2 Å². The van der Waals surface area contributed by atoms with Crippen molar-refractivity contribution in [1.82, 2.24) is 9.36 Å². The number of rotatable bonds is 4. The maximum Gasteiger partial charge on any atom is 0.452 e. The van der Waals surface area contributed by atoms with Gasteiger partial charge in [-0.3, -0.25) is 0 Å². The molecule has 19 heavy (non-hydrogen) atoms. The molecule has 0 aliphatic heterocycles. The molecule has 0 fully saturated rings. The van der Waals surface area contributed by atoms with Crippen LogP contribution < -0.4 is 11.1 Å². The molecule has 2 rings (SSSR count). The van der Waals surface area contributed by atoms with E-state index in [9.17, 15) is 13.2 Å². The molecule has 2 aromatic rings. The Bertz CT molecular complexity index is 536. The Morgan fingerprint density at radius 2 is 1.89 bits per heavy atom. The fraction of sp³-hybridized carbons (Fsp3) is 0.273. The molecule has 0 amide bonds. The van der Waals surface area contributed by atoms with E-state index >= 15 is 0 Å². The molecule has 0 aliphatic carbocycles. The summed E-state index contributed by atoms with van der Waals surface area (Å²) in [5, 5.41) is 2.98. The molecule has 102 valence electrons. The second kappa shape index (κ2) is 5.43. The number of anilines is 2. The van der Waals surface area contributed by atoms with Crippen LogP contribution in [0.5, 0.6) is 0 Å². The molecule has 4 nitrogen and oxygen atoms in total. The summed E-state index contributed by atoms with van der Waals surface area (Å²) in [5.74, 6) is -1.10. The van der Waals surface area contributed by atoms with Crippen LogP contribution in [-0.2, 0) is 12.6 Å². The summed E-state index contributed by atoms with van der Waals surface area (Å²) in [6, 6.07) is 7.31. The van der Waals surface area contributed by atoms with E-state index in [1.807, 2.05) is 12.1 Å². The number of nitrogens with one attached hydrogen (secondary N) is 1. The van der Waals surface area contributed by atoms with Crippen molar-refractivity contribution in [2.24, 2.45) is 0 Å². The quantitative estimate of drug-likeness (QED) is 0.849. The zero-order valence-electron chi connectivity index (χ0n) is 9.74. The van der Waals surface area contributed by atoms with Crippen LogP contribution in [0.25, 0.3) is 0 Å². The lowest BCUT2D eigenvalue weighted by molar-refractivity contribution is -0.144. The van der Waals surface area contributed by atoms with Gasteiger partial charge in [-0.2, -0.15) is 22.5 Å². The van der Waals surface area contributed by atoms with Gasteiger partial charge in [-0.1, -0.05) is 12.1 Å². The van der Waals surface area contributed by atoms with E-state index < -0.39 is 12.0 Å². The molecule has 1 heterocycles. The maximum absolute atomic E-state index is 12.3. The van der Waals surface area contributed by atoms with Crippen molar-refractivity contribution in [1.29, 1.82) is 0 Å². The first-order valence-electron chi connectivity index (χ1n) is 5.44. The predicted octanol–water partition coefficient (Wildman–Crippen LogP) is 2.79. The lowest BCUT2D eigenvalue weighted by Gasteiger charge is -2.03. The highest BCUT2D eigenvalue weighted by molar-refractivity contribution is 7.09. The third-order valence-corrected chi connectivity index (χ3v) is 3.02. The Morgan fingerprint density at radius 1 is 1.21 bits per heavy atom. The van der Waals surface area contributed by atoms with E-state index in [1.54, 1.807) is 12.1 Å². The fourth-order valence-electron chi connectivity index (χ4n) is 1.41. The average molecular weight is 288 g/mol. The van der Waals surface area contributed by atoms with Gasteiger partial charge in [0.15, 0.2) is 0 Å². The Morgan fingerprint density at radius 3 is 2.47 bits per heavy atom. The number of nitrogen functional groups attached to an aromatic ring is 1. The number of alkyl halides is 3. The van der Waals surface area contributed by atoms with E-state index in [0.717, 1.165) is 5.56 Å². The number of hydrogen-bond acceptors (Lipinski definition) is 5. The van der Waals surface area contributed by atoms with Gasteiger partial charge in [-0.05, 0) is 24.1 Å². The molecule has 0 atom stereocenters. The van der Waals surface area contributed by atoms with Crippen LogP contribution in [0.1, 0.15) is 11.4 Å². The summed E-state index contributed by atoms with van der Waals surface area (Å²) in [5.41, 5.74) is 7.27. The second-order valence-electron chi connectivity index (χ2n) is 3.84. The van der Waals surface area contributed by atoms with Gasteiger partial charge in [0, 0.05) is 23.8 Å². The van der Waals surface area contributed by atoms with Gasteiger partial charge in [-0.25, -0.2) is 0 Å². The Balaban J connectivity index is 1.86. The van der Waals surface area contributed by atoms with Crippen LogP contribution in [0.4, 0.5) is 24.0 Å². The molecule has 1 aromatic heterocycles.